The third-order valence-corrected chi connectivity index (χ3v) is 2.64. The van der Waals surface area contributed by atoms with Crippen LogP contribution in [0.15, 0.2) is 12.4 Å². The first-order valence-electron chi connectivity index (χ1n) is 5.45. The van der Waals surface area contributed by atoms with Crippen molar-refractivity contribution in [1.29, 1.82) is 0 Å². The zero-order valence-electron chi connectivity index (χ0n) is 10.4. The molecule has 0 saturated carbocycles. The molecule has 4 nitrogen and oxygen atoms in total. The predicted octanol–water partition coefficient (Wildman–Crippen LogP) is 1.38. The molecule has 1 N–H and O–H groups in total. The molecule has 0 bridgehead atoms. The Hall–Kier alpha value is -1.10. The van der Waals surface area contributed by atoms with Gasteiger partial charge in [0.05, 0.1) is 6.20 Å². The van der Waals surface area contributed by atoms with Crippen molar-refractivity contribution in [2.24, 2.45) is 13.0 Å². The molecule has 0 saturated heterocycles. The first-order valence-corrected chi connectivity index (χ1v) is 5.86. The van der Waals surface area contributed by atoms with Crippen molar-refractivity contribution in [1.82, 2.24) is 20.0 Å². The summed E-state index contributed by atoms with van der Waals surface area (Å²) in [5, 5.41) is 8.16. The van der Waals surface area contributed by atoms with Gasteiger partial charge in [-0.2, -0.15) is 5.10 Å². The normalized spacial score (nSPS) is 10.6. The fourth-order valence-corrected chi connectivity index (χ4v) is 1.47. The van der Waals surface area contributed by atoms with Gasteiger partial charge in [0, 0.05) is 38.9 Å². The van der Waals surface area contributed by atoms with Gasteiger partial charge in [-0.15, -0.1) is 0 Å². The van der Waals surface area contributed by atoms with Gasteiger partial charge in [0.2, 0.25) is 0 Å². The molecule has 5 heteroatoms. The highest BCUT2D eigenvalue weighted by molar-refractivity contribution is 7.80. The van der Waals surface area contributed by atoms with Crippen LogP contribution in [0.4, 0.5) is 0 Å². The monoisotopic (exact) mass is 240 g/mol. The summed E-state index contributed by atoms with van der Waals surface area (Å²) in [6, 6.07) is 0. The summed E-state index contributed by atoms with van der Waals surface area (Å²) < 4.78 is 1.80. The molecular formula is C11H20N4S. The minimum Gasteiger partial charge on any atom is -0.362 e. The Morgan fingerprint density at radius 1 is 1.62 bits per heavy atom. The maximum absolute atomic E-state index is 5.29. The van der Waals surface area contributed by atoms with Crippen LogP contribution in [0.1, 0.15) is 19.4 Å². The fourth-order valence-electron chi connectivity index (χ4n) is 1.33. The first kappa shape index (κ1) is 13.0. The highest BCUT2D eigenvalue weighted by Crippen LogP contribution is 2.01. The topological polar surface area (TPSA) is 33.1 Å². The average Bonchev–Trinajstić information content (AvgIpc) is 2.60. The second-order valence-corrected chi connectivity index (χ2v) is 4.84. The van der Waals surface area contributed by atoms with Gasteiger partial charge in [0.15, 0.2) is 5.11 Å². The Morgan fingerprint density at radius 3 is 2.81 bits per heavy atom. The largest absolute Gasteiger partial charge is 0.362 e. The summed E-state index contributed by atoms with van der Waals surface area (Å²) in [5.41, 5.74) is 1.17. The van der Waals surface area contributed by atoms with Crippen molar-refractivity contribution < 1.29 is 0 Å². The summed E-state index contributed by atoms with van der Waals surface area (Å²) in [7, 11) is 3.90. The van der Waals surface area contributed by atoms with Gasteiger partial charge in [0.25, 0.3) is 0 Å². The minimum absolute atomic E-state index is 0.602. The standard InChI is InChI=1S/C11H20N4S/c1-9(2)5-12-11(16)14(3)7-10-6-13-15(4)8-10/h6,8-9H,5,7H2,1-4H3,(H,12,16). The zero-order valence-corrected chi connectivity index (χ0v) is 11.2. The van der Waals surface area contributed by atoms with Crippen molar-refractivity contribution in [3.63, 3.8) is 0 Å². The summed E-state index contributed by atoms with van der Waals surface area (Å²) in [6.07, 6.45) is 3.86. The van der Waals surface area contributed by atoms with E-state index < -0.39 is 0 Å². The Kier molecular flexibility index (Phi) is 4.73. The second-order valence-electron chi connectivity index (χ2n) is 4.46. The molecule has 0 radical (unpaired) electrons. The van der Waals surface area contributed by atoms with Crippen molar-refractivity contribution in [3.8, 4) is 0 Å². The summed E-state index contributed by atoms with van der Waals surface area (Å²) >= 11 is 5.29. The molecule has 16 heavy (non-hydrogen) atoms. The van der Waals surface area contributed by atoms with E-state index in [1.54, 1.807) is 4.68 Å². The van der Waals surface area contributed by atoms with Crippen molar-refractivity contribution in [3.05, 3.63) is 18.0 Å². The quantitative estimate of drug-likeness (QED) is 0.806. The van der Waals surface area contributed by atoms with Gasteiger partial charge in [0.1, 0.15) is 0 Å². The molecule has 1 rings (SSSR count). The molecule has 0 aliphatic heterocycles. The fraction of sp³-hybridized carbons (Fsp3) is 0.636. The second kappa shape index (κ2) is 5.84. The number of aromatic nitrogens is 2. The number of nitrogens with zero attached hydrogens (tertiary/aromatic N) is 3. The third-order valence-electron chi connectivity index (χ3n) is 2.19. The predicted molar refractivity (Wildman–Crippen MR) is 70.1 cm³/mol. The number of hydrogen-bond acceptors (Lipinski definition) is 2. The molecule has 0 unspecified atom stereocenters. The van der Waals surface area contributed by atoms with Crippen LogP contribution < -0.4 is 5.32 Å². The van der Waals surface area contributed by atoms with Gasteiger partial charge in [-0.1, -0.05) is 13.8 Å². The summed E-state index contributed by atoms with van der Waals surface area (Å²) in [6.45, 7) is 6.03. The van der Waals surface area contributed by atoms with Crippen LogP contribution in [-0.2, 0) is 13.6 Å². The van der Waals surface area contributed by atoms with Crippen LogP contribution in [0, 0.1) is 5.92 Å². The van der Waals surface area contributed by atoms with Crippen LogP contribution in [0.25, 0.3) is 0 Å². The van der Waals surface area contributed by atoms with Gasteiger partial charge in [-0.05, 0) is 18.1 Å². The van der Waals surface area contributed by atoms with Crippen LogP contribution >= 0.6 is 12.2 Å². The van der Waals surface area contributed by atoms with E-state index in [0.29, 0.717) is 5.92 Å². The van der Waals surface area contributed by atoms with E-state index in [9.17, 15) is 0 Å². The number of rotatable bonds is 4. The van der Waals surface area contributed by atoms with E-state index in [4.69, 9.17) is 12.2 Å². The average molecular weight is 240 g/mol. The molecule has 90 valence electrons. The Morgan fingerprint density at radius 2 is 2.31 bits per heavy atom. The lowest BCUT2D eigenvalue weighted by Crippen LogP contribution is -2.38. The highest BCUT2D eigenvalue weighted by atomic mass is 32.1. The first-order chi connectivity index (χ1) is 7.49. The maximum Gasteiger partial charge on any atom is 0.168 e. The SMILES string of the molecule is CC(C)CNC(=S)N(C)Cc1cnn(C)c1. The van der Waals surface area contributed by atoms with Crippen molar-refractivity contribution in [2.75, 3.05) is 13.6 Å². The van der Waals surface area contributed by atoms with Crippen molar-refractivity contribution >= 4 is 17.3 Å². The highest BCUT2D eigenvalue weighted by Gasteiger charge is 2.06. The Labute approximate surface area is 103 Å². The molecule has 0 aliphatic rings. The van der Waals surface area contributed by atoms with E-state index >= 15 is 0 Å². The molecule has 1 aromatic rings. The molecule has 1 aromatic heterocycles. The van der Waals surface area contributed by atoms with Crippen LogP contribution in [-0.4, -0.2) is 33.4 Å². The van der Waals surface area contributed by atoms with E-state index in [1.165, 1.54) is 5.56 Å². The Bertz CT molecular complexity index is 346. The van der Waals surface area contributed by atoms with E-state index in [2.05, 4.69) is 24.3 Å². The molecule has 0 spiro atoms. The van der Waals surface area contributed by atoms with Gasteiger partial charge in [-0.3, -0.25) is 4.68 Å². The van der Waals surface area contributed by atoms with Gasteiger partial charge >= 0.3 is 0 Å². The van der Waals surface area contributed by atoms with E-state index in [0.717, 1.165) is 18.2 Å². The smallest absolute Gasteiger partial charge is 0.168 e. The van der Waals surface area contributed by atoms with Crippen molar-refractivity contribution in [2.45, 2.75) is 20.4 Å². The number of aryl methyl sites for hydroxylation is 1. The molecule has 0 atom stereocenters. The summed E-state index contributed by atoms with van der Waals surface area (Å²) in [5.74, 6) is 0.602. The summed E-state index contributed by atoms with van der Waals surface area (Å²) in [4.78, 5) is 2.02. The third kappa shape index (κ3) is 4.18. The molecule has 1 heterocycles. The molecule has 0 amide bonds. The Balaban J connectivity index is 2.39. The number of nitrogens with one attached hydrogen (secondary N) is 1. The van der Waals surface area contributed by atoms with E-state index in [-0.39, 0.29) is 0 Å². The molecule has 0 fully saturated rings. The number of hydrogen-bond donors (Lipinski definition) is 1. The number of thiocarbonyl (C=S) groups is 1. The maximum atomic E-state index is 5.29. The van der Waals surface area contributed by atoms with Gasteiger partial charge < -0.3 is 10.2 Å². The van der Waals surface area contributed by atoms with Gasteiger partial charge in [-0.25, -0.2) is 0 Å². The lowest BCUT2D eigenvalue weighted by atomic mass is 10.2. The molecular weight excluding hydrogens is 220 g/mol. The molecule has 0 aromatic carbocycles. The van der Waals surface area contributed by atoms with Crippen LogP contribution in [0.5, 0.6) is 0 Å². The van der Waals surface area contributed by atoms with Crippen LogP contribution in [0.3, 0.4) is 0 Å². The lowest BCUT2D eigenvalue weighted by molar-refractivity contribution is 0.479. The minimum atomic E-state index is 0.602. The molecule has 0 aliphatic carbocycles. The lowest BCUT2D eigenvalue weighted by Gasteiger charge is -2.21. The van der Waals surface area contributed by atoms with E-state index in [1.807, 2.05) is 31.4 Å². The zero-order chi connectivity index (χ0) is 12.1. The van der Waals surface area contributed by atoms with Crippen LogP contribution in [0.2, 0.25) is 0 Å².